The largest absolute Gasteiger partial charge is 0.422 e. The van der Waals surface area contributed by atoms with Crippen molar-refractivity contribution in [2.75, 3.05) is 31.2 Å². The smallest absolute Gasteiger partial charge is 0.224 e. The maximum absolute atomic E-state index is 6.86. The number of rotatable bonds is 15. The molecule has 0 spiro atoms. The summed E-state index contributed by atoms with van der Waals surface area (Å²) in [4.78, 5) is 6.90. The predicted molar refractivity (Wildman–Crippen MR) is 123 cm³/mol. The summed E-state index contributed by atoms with van der Waals surface area (Å²) < 4.78 is 18.6. The normalized spacial score (nSPS) is 16.3. The highest BCUT2D eigenvalue weighted by atomic mass is 28.4. The molecule has 0 amide bonds. The molecule has 1 saturated heterocycles. The second kappa shape index (κ2) is 13.4. The highest BCUT2D eigenvalue weighted by molar-refractivity contribution is 6.73. The van der Waals surface area contributed by atoms with Crippen molar-refractivity contribution in [2.24, 2.45) is 0 Å². The Morgan fingerprint density at radius 3 is 2.21 bits per heavy atom. The second-order valence-corrected chi connectivity index (χ2v) is 13.1. The number of ether oxygens (including phenoxy) is 1. The highest BCUT2D eigenvalue weighted by Crippen LogP contribution is 2.34. The molecule has 2 heterocycles. The van der Waals surface area contributed by atoms with Crippen molar-refractivity contribution < 1.29 is 13.6 Å². The molecule has 1 unspecified atom stereocenters. The minimum absolute atomic E-state index is 0.00643. The lowest BCUT2D eigenvalue weighted by Gasteiger charge is -2.32. The molecule has 0 bridgehead atoms. The first kappa shape index (κ1) is 24.4. The lowest BCUT2D eigenvalue weighted by Crippen LogP contribution is -2.37. The second-order valence-electron chi connectivity index (χ2n) is 8.40. The lowest BCUT2D eigenvalue weighted by molar-refractivity contribution is 0.118. The molecule has 0 aliphatic carbocycles. The number of anilines is 1. The number of hydrogen-bond donors (Lipinski definition) is 0. The van der Waals surface area contributed by atoms with E-state index in [1.807, 2.05) is 6.20 Å². The topological polar surface area (TPSA) is 47.7 Å². The standard InChI is InChI=1S/C23H44N2O3Si/c1-5-9-10-11-12-13-14-15-21(28-29(6-2,7-3)8-4)23-24-20-22(27-23)25-16-18-26-19-17-25/h20-21H,5-19H2,1-4H3. The first-order chi connectivity index (χ1) is 14.2. The van der Waals surface area contributed by atoms with Gasteiger partial charge >= 0.3 is 0 Å². The van der Waals surface area contributed by atoms with E-state index in [0.717, 1.165) is 62.6 Å². The van der Waals surface area contributed by atoms with E-state index < -0.39 is 8.32 Å². The van der Waals surface area contributed by atoms with E-state index >= 15 is 0 Å². The van der Waals surface area contributed by atoms with E-state index in [1.165, 1.54) is 44.9 Å². The number of aromatic nitrogens is 1. The average molecular weight is 425 g/mol. The van der Waals surface area contributed by atoms with Crippen LogP contribution in [0.15, 0.2) is 10.6 Å². The van der Waals surface area contributed by atoms with Crippen molar-refractivity contribution in [1.82, 2.24) is 4.98 Å². The molecule has 0 N–H and O–H groups in total. The zero-order valence-corrected chi connectivity index (χ0v) is 20.4. The van der Waals surface area contributed by atoms with Gasteiger partial charge in [-0.25, -0.2) is 4.98 Å². The molecule has 168 valence electrons. The third kappa shape index (κ3) is 7.72. The van der Waals surface area contributed by atoms with Crippen LogP contribution in [0.25, 0.3) is 0 Å². The van der Waals surface area contributed by atoms with Gasteiger partial charge in [-0.05, 0) is 24.6 Å². The molecular weight excluding hydrogens is 380 g/mol. The molecule has 1 fully saturated rings. The van der Waals surface area contributed by atoms with Crippen LogP contribution < -0.4 is 4.90 Å². The molecule has 2 rings (SSSR count). The molecule has 0 aromatic carbocycles. The summed E-state index contributed by atoms with van der Waals surface area (Å²) in [5, 5.41) is 0. The van der Waals surface area contributed by atoms with Crippen LogP contribution in [0.5, 0.6) is 0 Å². The summed E-state index contributed by atoms with van der Waals surface area (Å²) in [6.45, 7) is 12.4. The summed E-state index contributed by atoms with van der Waals surface area (Å²) in [6.07, 6.45) is 12.1. The molecule has 0 radical (unpaired) electrons. The van der Waals surface area contributed by atoms with Crippen molar-refractivity contribution in [2.45, 2.75) is 103 Å². The summed E-state index contributed by atoms with van der Waals surface area (Å²) in [6, 6.07) is 3.47. The number of nitrogens with zero attached hydrogens (tertiary/aromatic N) is 2. The van der Waals surface area contributed by atoms with Gasteiger partial charge in [0.1, 0.15) is 6.10 Å². The van der Waals surface area contributed by atoms with Gasteiger partial charge < -0.3 is 18.5 Å². The molecule has 0 saturated carbocycles. The molecular formula is C23H44N2O3Si. The zero-order chi connectivity index (χ0) is 21.0. The number of oxazole rings is 1. The molecule has 1 aromatic heterocycles. The van der Waals surface area contributed by atoms with Crippen LogP contribution >= 0.6 is 0 Å². The maximum Gasteiger partial charge on any atom is 0.224 e. The summed E-state index contributed by atoms with van der Waals surface area (Å²) in [7, 11) is -1.71. The quantitative estimate of drug-likeness (QED) is 0.231. The van der Waals surface area contributed by atoms with Crippen LogP contribution in [-0.2, 0) is 9.16 Å². The summed E-state index contributed by atoms with van der Waals surface area (Å²) in [5.41, 5.74) is 0. The molecule has 1 aliphatic rings. The van der Waals surface area contributed by atoms with Crippen molar-refractivity contribution in [3.63, 3.8) is 0 Å². The van der Waals surface area contributed by atoms with Crippen molar-refractivity contribution in [1.29, 1.82) is 0 Å². The van der Waals surface area contributed by atoms with Crippen molar-refractivity contribution >= 4 is 14.2 Å². The Bertz CT molecular complexity index is 534. The van der Waals surface area contributed by atoms with E-state index in [9.17, 15) is 0 Å². The van der Waals surface area contributed by atoms with Crippen LogP contribution in [-0.4, -0.2) is 39.6 Å². The molecule has 1 aromatic rings. The molecule has 1 aliphatic heterocycles. The number of morpholine rings is 1. The third-order valence-corrected chi connectivity index (χ3v) is 11.2. The van der Waals surface area contributed by atoms with Crippen LogP contribution in [0.2, 0.25) is 18.1 Å². The SMILES string of the molecule is CCCCCCCCCC(O[Si](CC)(CC)CC)c1ncc(N2CCOCC2)o1. The Morgan fingerprint density at radius 2 is 1.59 bits per heavy atom. The van der Waals surface area contributed by atoms with E-state index in [-0.39, 0.29) is 6.10 Å². The fraction of sp³-hybridized carbons (Fsp3) is 0.870. The fourth-order valence-electron chi connectivity index (χ4n) is 4.18. The first-order valence-electron chi connectivity index (χ1n) is 12.1. The van der Waals surface area contributed by atoms with Crippen molar-refractivity contribution in [3.05, 3.63) is 12.1 Å². The van der Waals surface area contributed by atoms with Crippen LogP contribution in [0.3, 0.4) is 0 Å². The first-order valence-corrected chi connectivity index (χ1v) is 14.7. The Labute approximate surface area is 179 Å². The van der Waals surface area contributed by atoms with Gasteiger partial charge in [0.15, 0.2) is 8.32 Å². The summed E-state index contributed by atoms with van der Waals surface area (Å²) in [5.74, 6) is 1.65. The van der Waals surface area contributed by atoms with Crippen molar-refractivity contribution in [3.8, 4) is 0 Å². The van der Waals surface area contributed by atoms with E-state index in [4.69, 9.17) is 13.6 Å². The van der Waals surface area contributed by atoms with Gasteiger partial charge in [0, 0.05) is 13.1 Å². The minimum Gasteiger partial charge on any atom is -0.422 e. The predicted octanol–water partition coefficient (Wildman–Crippen LogP) is 6.71. The Balaban J connectivity index is 1.99. The van der Waals surface area contributed by atoms with Gasteiger partial charge in [-0.2, -0.15) is 0 Å². The Morgan fingerprint density at radius 1 is 0.966 bits per heavy atom. The minimum atomic E-state index is -1.71. The third-order valence-electron chi connectivity index (χ3n) is 6.50. The van der Waals surface area contributed by atoms with Gasteiger partial charge in [-0.15, -0.1) is 0 Å². The van der Waals surface area contributed by atoms with Crippen LogP contribution in [0, 0.1) is 0 Å². The number of hydrogen-bond acceptors (Lipinski definition) is 5. The maximum atomic E-state index is 6.86. The lowest BCUT2D eigenvalue weighted by atomic mass is 10.1. The Kier molecular flexibility index (Phi) is 11.3. The fourth-order valence-corrected chi connectivity index (χ4v) is 7.00. The molecule has 5 nitrogen and oxygen atoms in total. The zero-order valence-electron chi connectivity index (χ0n) is 19.4. The summed E-state index contributed by atoms with van der Waals surface area (Å²) >= 11 is 0. The van der Waals surface area contributed by atoms with Crippen LogP contribution in [0.4, 0.5) is 5.88 Å². The molecule has 6 heteroatoms. The molecule has 29 heavy (non-hydrogen) atoms. The van der Waals surface area contributed by atoms with E-state index in [0.29, 0.717) is 0 Å². The van der Waals surface area contributed by atoms with Gasteiger partial charge in [0.05, 0.1) is 19.4 Å². The van der Waals surface area contributed by atoms with E-state index in [2.05, 4.69) is 37.6 Å². The highest BCUT2D eigenvalue weighted by Gasteiger charge is 2.34. The van der Waals surface area contributed by atoms with Gasteiger partial charge in [0.2, 0.25) is 11.8 Å². The van der Waals surface area contributed by atoms with Gasteiger partial charge in [-0.3, -0.25) is 0 Å². The Hall–Kier alpha value is -0.853. The monoisotopic (exact) mass is 424 g/mol. The van der Waals surface area contributed by atoms with Crippen LogP contribution in [0.1, 0.15) is 91.1 Å². The number of unbranched alkanes of at least 4 members (excludes halogenated alkanes) is 6. The average Bonchev–Trinajstić information content (AvgIpc) is 3.26. The van der Waals surface area contributed by atoms with Gasteiger partial charge in [0.25, 0.3) is 0 Å². The molecule has 1 atom stereocenters. The van der Waals surface area contributed by atoms with Gasteiger partial charge in [-0.1, -0.05) is 72.6 Å². The van der Waals surface area contributed by atoms with E-state index in [1.54, 1.807) is 0 Å².